The molecule has 5 rings (SSSR count). The summed E-state index contributed by atoms with van der Waals surface area (Å²) in [7, 11) is 0. The quantitative estimate of drug-likeness (QED) is 0.175. The van der Waals surface area contributed by atoms with E-state index in [1.165, 1.54) is 5.57 Å². The molecule has 1 amide bonds. The van der Waals surface area contributed by atoms with E-state index in [0.717, 1.165) is 77.3 Å². The van der Waals surface area contributed by atoms with Crippen molar-refractivity contribution in [2.75, 3.05) is 11.9 Å². The summed E-state index contributed by atoms with van der Waals surface area (Å²) in [6.45, 7) is 23.7. The minimum absolute atomic E-state index is 0.0381. The summed E-state index contributed by atoms with van der Waals surface area (Å²) >= 11 is 0. The number of hydrogen-bond acceptors (Lipinski definition) is 9. The molecule has 10 heteroatoms. The van der Waals surface area contributed by atoms with Crippen LogP contribution in [0.15, 0.2) is 71.1 Å². The second kappa shape index (κ2) is 16.9. The maximum absolute atomic E-state index is 13.5. The Hall–Kier alpha value is -4.73. The van der Waals surface area contributed by atoms with Gasteiger partial charge in [-0.3, -0.25) is 0 Å². The number of aryl methyl sites for hydroxylation is 2. The van der Waals surface area contributed by atoms with Crippen LogP contribution in [0.25, 0.3) is 11.0 Å². The van der Waals surface area contributed by atoms with Crippen molar-refractivity contribution >= 4 is 34.8 Å². The minimum Gasteiger partial charge on any atom is -0.457 e. The van der Waals surface area contributed by atoms with E-state index in [1.54, 1.807) is 6.33 Å². The second-order valence-corrected chi connectivity index (χ2v) is 15.8. The van der Waals surface area contributed by atoms with Crippen LogP contribution in [0.3, 0.4) is 0 Å². The van der Waals surface area contributed by atoms with E-state index in [2.05, 4.69) is 68.0 Å². The van der Waals surface area contributed by atoms with Gasteiger partial charge < -0.3 is 19.7 Å². The van der Waals surface area contributed by atoms with Crippen LogP contribution >= 0.6 is 0 Å². The number of amides is 1. The zero-order valence-electron chi connectivity index (χ0n) is 33.7. The van der Waals surface area contributed by atoms with Crippen molar-refractivity contribution in [3.63, 3.8) is 0 Å². The Morgan fingerprint density at radius 1 is 1.08 bits per heavy atom. The fourth-order valence-electron chi connectivity index (χ4n) is 6.84. The fourth-order valence-corrected chi connectivity index (χ4v) is 6.84. The Kier molecular flexibility index (Phi) is 12.6. The number of nitrogens with one attached hydrogen (secondary N) is 1. The molecule has 0 aliphatic carbocycles. The molecular formula is C43H59N7O3. The molecule has 10 nitrogen and oxygen atoms in total. The summed E-state index contributed by atoms with van der Waals surface area (Å²) in [4.78, 5) is 29.7. The van der Waals surface area contributed by atoms with Crippen LogP contribution in [-0.2, 0) is 4.74 Å². The van der Waals surface area contributed by atoms with Crippen molar-refractivity contribution < 1.29 is 14.3 Å². The number of carbonyl (C=O) groups is 1. The predicted octanol–water partition coefficient (Wildman–Crippen LogP) is 10.7. The van der Waals surface area contributed by atoms with Gasteiger partial charge in [0.2, 0.25) is 0 Å². The second-order valence-electron chi connectivity index (χ2n) is 15.8. The summed E-state index contributed by atoms with van der Waals surface area (Å²) in [5.41, 5.74) is 7.13. The third kappa shape index (κ3) is 9.83. The number of fused-ring (bicyclic) bond motifs is 2. The van der Waals surface area contributed by atoms with Crippen LogP contribution in [-0.4, -0.2) is 55.4 Å². The van der Waals surface area contributed by atoms with E-state index in [1.807, 2.05) is 87.3 Å². The number of hydrogen-bond donors (Lipinski definition) is 1. The maximum atomic E-state index is 13.5. The molecule has 0 bridgehead atoms. The Balaban J connectivity index is 1.31. The Bertz CT molecular complexity index is 1910. The zero-order valence-corrected chi connectivity index (χ0v) is 33.7. The maximum Gasteiger partial charge on any atom is 0.410 e. The topological polar surface area (TPSA) is 105 Å². The lowest BCUT2D eigenvalue weighted by atomic mass is 9.90. The third-order valence-corrected chi connectivity index (χ3v) is 10.4. The molecule has 0 radical (unpaired) electrons. The van der Waals surface area contributed by atoms with Gasteiger partial charge in [-0.05, 0) is 126 Å². The highest BCUT2D eigenvalue weighted by molar-refractivity contribution is 5.87. The average molecular weight is 722 g/mol. The van der Waals surface area contributed by atoms with Crippen LogP contribution in [0.1, 0.15) is 117 Å². The van der Waals surface area contributed by atoms with Gasteiger partial charge in [0.05, 0.1) is 11.2 Å². The van der Waals surface area contributed by atoms with Crippen LogP contribution < -0.4 is 10.1 Å². The molecule has 0 spiro atoms. The van der Waals surface area contributed by atoms with Gasteiger partial charge in [0.15, 0.2) is 5.82 Å². The van der Waals surface area contributed by atoms with Crippen molar-refractivity contribution in [2.45, 2.75) is 126 Å². The van der Waals surface area contributed by atoms with E-state index in [-0.39, 0.29) is 24.0 Å². The molecule has 4 heterocycles. The number of rotatable bonds is 14. The molecule has 1 aromatic carbocycles. The number of nitrogens with zero attached hydrogens (tertiary/aromatic N) is 6. The molecule has 2 aliphatic rings. The first-order valence-corrected chi connectivity index (χ1v) is 19.3. The number of ether oxygens (including phenoxy) is 2. The van der Waals surface area contributed by atoms with E-state index in [9.17, 15) is 4.79 Å². The van der Waals surface area contributed by atoms with Gasteiger partial charge in [-0.2, -0.15) is 5.10 Å². The molecule has 4 atom stereocenters. The van der Waals surface area contributed by atoms with Gasteiger partial charge in [0.1, 0.15) is 29.0 Å². The highest BCUT2D eigenvalue weighted by Crippen LogP contribution is 2.34. The van der Waals surface area contributed by atoms with Crippen molar-refractivity contribution in [2.24, 2.45) is 16.9 Å². The molecule has 4 unspecified atom stereocenters. The van der Waals surface area contributed by atoms with Gasteiger partial charge in [-0.25, -0.2) is 24.8 Å². The number of benzene rings is 1. The molecular weight excluding hydrogens is 663 g/mol. The SMILES string of the molecule is CCC(C)CCCN(C(=O)OC(C)(C)C)C(CC)CC(C)c1cc2ncnc(Nc3ccc(OC4=CC5=C(C)C(C)C=NN5C=C4)c(C)c3)c2nc1C. The smallest absolute Gasteiger partial charge is 0.410 e. The first kappa shape index (κ1) is 39.5. The van der Waals surface area contributed by atoms with Gasteiger partial charge in [-0.15, -0.1) is 0 Å². The monoisotopic (exact) mass is 721 g/mol. The van der Waals surface area contributed by atoms with E-state index < -0.39 is 5.60 Å². The normalized spacial score (nSPS) is 17.3. The molecule has 1 N–H and O–H groups in total. The van der Waals surface area contributed by atoms with Gasteiger partial charge >= 0.3 is 6.09 Å². The summed E-state index contributed by atoms with van der Waals surface area (Å²) < 4.78 is 12.2. The summed E-state index contributed by atoms with van der Waals surface area (Å²) in [5.74, 6) is 3.24. The zero-order chi connectivity index (χ0) is 38.4. The van der Waals surface area contributed by atoms with Crippen molar-refractivity contribution in [3.05, 3.63) is 82.8 Å². The molecule has 0 saturated heterocycles. The van der Waals surface area contributed by atoms with Crippen LogP contribution in [0, 0.1) is 25.7 Å². The summed E-state index contributed by atoms with van der Waals surface area (Å²) in [6.07, 6.45) is 14.0. The van der Waals surface area contributed by atoms with Gasteiger partial charge in [0, 0.05) is 48.4 Å². The Labute approximate surface area is 316 Å². The molecule has 2 aliphatic heterocycles. The average Bonchev–Trinajstić information content (AvgIpc) is 3.11. The van der Waals surface area contributed by atoms with Gasteiger partial charge in [-0.1, -0.05) is 41.0 Å². The van der Waals surface area contributed by atoms with Crippen molar-refractivity contribution in [3.8, 4) is 5.75 Å². The highest BCUT2D eigenvalue weighted by Gasteiger charge is 2.29. The molecule has 53 heavy (non-hydrogen) atoms. The number of aromatic nitrogens is 3. The molecule has 0 saturated carbocycles. The van der Waals surface area contributed by atoms with Crippen LogP contribution in [0.5, 0.6) is 5.75 Å². The highest BCUT2D eigenvalue weighted by atomic mass is 16.6. The lowest BCUT2D eigenvalue weighted by molar-refractivity contribution is 0.0135. The first-order chi connectivity index (χ1) is 25.2. The Morgan fingerprint density at radius 3 is 2.55 bits per heavy atom. The third-order valence-electron chi connectivity index (χ3n) is 10.4. The van der Waals surface area contributed by atoms with Crippen molar-refractivity contribution in [1.82, 2.24) is 24.9 Å². The minimum atomic E-state index is -0.552. The number of carbonyl (C=O) groups excluding carboxylic acids is 1. The lowest BCUT2D eigenvalue weighted by Gasteiger charge is -2.35. The molecule has 2 aromatic heterocycles. The number of anilines is 2. The Morgan fingerprint density at radius 2 is 1.85 bits per heavy atom. The lowest BCUT2D eigenvalue weighted by Crippen LogP contribution is -2.44. The van der Waals surface area contributed by atoms with Crippen LogP contribution in [0.4, 0.5) is 16.3 Å². The van der Waals surface area contributed by atoms with E-state index >= 15 is 0 Å². The molecule has 284 valence electrons. The summed E-state index contributed by atoms with van der Waals surface area (Å²) in [5, 5.41) is 9.86. The van der Waals surface area contributed by atoms with Crippen LogP contribution in [0.2, 0.25) is 0 Å². The van der Waals surface area contributed by atoms with E-state index in [4.69, 9.17) is 14.5 Å². The van der Waals surface area contributed by atoms with Gasteiger partial charge in [0.25, 0.3) is 0 Å². The number of hydrazone groups is 1. The van der Waals surface area contributed by atoms with Crippen molar-refractivity contribution in [1.29, 1.82) is 0 Å². The fraction of sp³-hybridized carbons (Fsp3) is 0.512. The predicted molar refractivity (Wildman–Crippen MR) is 215 cm³/mol. The first-order valence-electron chi connectivity index (χ1n) is 19.3. The summed E-state index contributed by atoms with van der Waals surface area (Å²) in [6, 6.07) is 8.18. The number of pyridine rings is 1. The molecule has 0 fully saturated rings. The number of allylic oxidation sites excluding steroid dienone is 3. The molecule has 3 aromatic rings. The largest absolute Gasteiger partial charge is 0.457 e. The van der Waals surface area contributed by atoms with E-state index in [0.29, 0.717) is 23.8 Å². The standard InChI is InChI=1S/C43H59N7O3/c1-12-27(3)15-14-19-49(42(51)53-43(9,10)11)34(13-2)22-28(4)36-24-37-40(47-32(36)8)41(45-26-44-37)48-33-16-17-39(29(5)21-33)52-35-18-20-50-38(23-35)31(7)30(6)25-46-50/h16-18,20-21,23-28,30,34H,12-15,19,22H2,1-11H3,(H,44,45,48).